The number of rotatable bonds is 11. The van der Waals surface area contributed by atoms with Crippen molar-refractivity contribution in [2.75, 3.05) is 25.1 Å². The summed E-state index contributed by atoms with van der Waals surface area (Å²) in [5.74, 6) is 2.33. The van der Waals surface area contributed by atoms with E-state index in [0.717, 1.165) is 35.1 Å². The average Bonchev–Trinajstić information content (AvgIpc) is 3.22. The molecule has 3 aromatic rings. The van der Waals surface area contributed by atoms with Crippen LogP contribution in [-0.2, 0) is 9.53 Å². The van der Waals surface area contributed by atoms with E-state index < -0.39 is 6.04 Å². The van der Waals surface area contributed by atoms with Crippen LogP contribution < -0.4 is 14.8 Å². The van der Waals surface area contributed by atoms with Crippen LogP contribution in [0.1, 0.15) is 65.5 Å². The number of imidazole rings is 1. The van der Waals surface area contributed by atoms with Gasteiger partial charge in [-0.1, -0.05) is 45.4 Å². The monoisotopic (exact) mass is 491 g/mol. The van der Waals surface area contributed by atoms with Gasteiger partial charge in [0.25, 0.3) is 0 Å². The Labute approximate surface area is 213 Å². The van der Waals surface area contributed by atoms with Crippen molar-refractivity contribution in [3.63, 3.8) is 0 Å². The Morgan fingerprint density at radius 3 is 2.58 bits per heavy atom. The van der Waals surface area contributed by atoms with Crippen LogP contribution in [0.15, 0.2) is 53.7 Å². The van der Waals surface area contributed by atoms with Crippen molar-refractivity contribution in [2.24, 2.45) is 5.92 Å². The first kappa shape index (κ1) is 25.6. The van der Waals surface area contributed by atoms with E-state index in [1.807, 2.05) is 56.3 Å². The first-order valence-electron chi connectivity index (χ1n) is 13.0. The van der Waals surface area contributed by atoms with Gasteiger partial charge in [-0.05, 0) is 62.4 Å². The van der Waals surface area contributed by atoms with Gasteiger partial charge in [0.05, 0.1) is 42.5 Å². The minimum absolute atomic E-state index is 0.304. The third-order valence-electron chi connectivity index (χ3n) is 6.25. The Morgan fingerprint density at radius 1 is 1.06 bits per heavy atom. The fourth-order valence-electron chi connectivity index (χ4n) is 4.58. The predicted molar refractivity (Wildman–Crippen MR) is 143 cm³/mol. The van der Waals surface area contributed by atoms with Crippen LogP contribution in [0, 0.1) is 5.92 Å². The molecule has 1 aromatic heterocycles. The lowest BCUT2D eigenvalue weighted by Gasteiger charge is -2.31. The molecule has 0 fully saturated rings. The van der Waals surface area contributed by atoms with Crippen molar-refractivity contribution >= 4 is 23.0 Å². The average molecular weight is 492 g/mol. The number of nitrogens with one attached hydrogen (secondary N) is 1. The number of fused-ring (bicyclic) bond motifs is 3. The van der Waals surface area contributed by atoms with Crippen LogP contribution in [0.5, 0.6) is 11.5 Å². The first-order valence-corrected chi connectivity index (χ1v) is 13.0. The molecule has 0 saturated carbocycles. The fourth-order valence-corrected chi connectivity index (χ4v) is 4.58. The SMILES string of the molecule is CCCC1=C(C(=O)OCC)[C@@H](c2ccc(OCCC(C)C)c(OCC)c2)n2c(nc3ccccc32)N1. The second-order valence-corrected chi connectivity index (χ2v) is 9.35. The molecular formula is C29H37N3O4. The number of carbonyl (C=O) groups excluding carboxylic acids is 1. The highest BCUT2D eigenvalue weighted by Crippen LogP contribution is 2.42. The number of benzene rings is 2. The Kier molecular flexibility index (Phi) is 8.18. The number of anilines is 1. The van der Waals surface area contributed by atoms with Crippen LogP contribution in [0.4, 0.5) is 5.95 Å². The summed E-state index contributed by atoms with van der Waals surface area (Å²) in [4.78, 5) is 18.3. The normalized spacial score (nSPS) is 15.1. The fraction of sp³-hybridized carbons (Fsp3) is 0.448. The third kappa shape index (κ3) is 5.20. The molecule has 2 aromatic carbocycles. The summed E-state index contributed by atoms with van der Waals surface area (Å²) < 4.78 is 19.7. The summed E-state index contributed by atoms with van der Waals surface area (Å²) >= 11 is 0. The van der Waals surface area contributed by atoms with Crippen molar-refractivity contribution in [2.45, 2.75) is 59.9 Å². The quantitative estimate of drug-likeness (QED) is 0.309. The van der Waals surface area contributed by atoms with Crippen LogP contribution in [0.25, 0.3) is 11.0 Å². The number of aromatic nitrogens is 2. The number of carbonyl (C=O) groups is 1. The molecule has 2 heterocycles. The molecule has 36 heavy (non-hydrogen) atoms. The summed E-state index contributed by atoms with van der Waals surface area (Å²) in [7, 11) is 0. The first-order chi connectivity index (χ1) is 17.5. The number of nitrogens with zero attached hydrogens (tertiary/aromatic N) is 2. The Balaban J connectivity index is 1.88. The highest BCUT2D eigenvalue weighted by Gasteiger charge is 2.36. The number of para-hydroxylation sites is 2. The minimum Gasteiger partial charge on any atom is -0.490 e. The van der Waals surface area contributed by atoms with Gasteiger partial charge in [-0.2, -0.15) is 0 Å². The molecule has 1 atom stereocenters. The highest BCUT2D eigenvalue weighted by atomic mass is 16.5. The molecule has 1 N–H and O–H groups in total. The van der Waals surface area contributed by atoms with Gasteiger partial charge in [0.2, 0.25) is 5.95 Å². The molecule has 0 saturated heterocycles. The van der Waals surface area contributed by atoms with Crippen molar-refractivity contribution in [1.29, 1.82) is 0 Å². The summed E-state index contributed by atoms with van der Waals surface area (Å²) in [6.07, 6.45) is 2.55. The molecule has 0 aliphatic carbocycles. The Hall–Kier alpha value is -3.48. The van der Waals surface area contributed by atoms with Crippen molar-refractivity contribution in [3.05, 3.63) is 59.3 Å². The van der Waals surface area contributed by atoms with E-state index in [0.29, 0.717) is 55.2 Å². The predicted octanol–water partition coefficient (Wildman–Crippen LogP) is 6.49. The topological polar surface area (TPSA) is 74.6 Å². The van der Waals surface area contributed by atoms with Crippen LogP contribution in [0.3, 0.4) is 0 Å². The summed E-state index contributed by atoms with van der Waals surface area (Å²) in [6, 6.07) is 13.5. The lowest BCUT2D eigenvalue weighted by molar-refractivity contribution is -0.139. The van der Waals surface area contributed by atoms with E-state index in [1.165, 1.54) is 0 Å². The van der Waals surface area contributed by atoms with E-state index in [1.54, 1.807) is 0 Å². The molecular weight excluding hydrogens is 454 g/mol. The molecule has 4 rings (SSSR count). The molecule has 0 radical (unpaired) electrons. The maximum atomic E-state index is 13.4. The van der Waals surface area contributed by atoms with Gasteiger partial charge >= 0.3 is 5.97 Å². The lowest BCUT2D eigenvalue weighted by atomic mass is 9.93. The van der Waals surface area contributed by atoms with Gasteiger partial charge < -0.3 is 19.5 Å². The minimum atomic E-state index is -0.418. The molecule has 192 valence electrons. The smallest absolute Gasteiger partial charge is 0.338 e. The second-order valence-electron chi connectivity index (χ2n) is 9.35. The molecule has 1 aliphatic rings. The zero-order valence-corrected chi connectivity index (χ0v) is 22.0. The zero-order valence-electron chi connectivity index (χ0n) is 22.0. The molecule has 0 unspecified atom stereocenters. The summed E-state index contributed by atoms with van der Waals surface area (Å²) in [5.41, 5.74) is 4.17. The Morgan fingerprint density at radius 2 is 1.86 bits per heavy atom. The number of ether oxygens (including phenoxy) is 3. The van der Waals surface area contributed by atoms with E-state index in [2.05, 4.69) is 30.7 Å². The molecule has 0 bridgehead atoms. The van der Waals surface area contributed by atoms with E-state index in [9.17, 15) is 4.79 Å². The van der Waals surface area contributed by atoms with Crippen LogP contribution >= 0.6 is 0 Å². The van der Waals surface area contributed by atoms with Gasteiger partial charge in [-0.15, -0.1) is 0 Å². The van der Waals surface area contributed by atoms with E-state index in [4.69, 9.17) is 19.2 Å². The van der Waals surface area contributed by atoms with Crippen molar-refractivity contribution in [3.8, 4) is 11.5 Å². The number of esters is 1. The number of allylic oxidation sites excluding steroid dienone is 1. The molecule has 7 nitrogen and oxygen atoms in total. The second kappa shape index (κ2) is 11.5. The van der Waals surface area contributed by atoms with Gasteiger partial charge in [0, 0.05) is 5.70 Å². The standard InChI is InChI=1S/C29H37N3O4/c1-6-11-22-26(28(33)35-8-3)27(32-23-13-10-9-12-21(23)30-29(32)31-22)20-14-15-24(25(18-20)34-7-2)36-17-16-19(4)5/h9-10,12-15,18-19,27H,6-8,11,16-17H2,1-5H3,(H,30,31)/t27-/m1/s1. The summed E-state index contributed by atoms with van der Waals surface area (Å²) in [6.45, 7) is 11.7. The van der Waals surface area contributed by atoms with Gasteiger partial charge in [0.15, 0.2) is 11.5 Å². The van der Waals surface area contributed by atoms with Gasteiger partial charge in [-0.25, -0.2) is 9.78 Å². The van der Waals surface area contributed by atoms with Crippen molar-refractivity contribution in [1.82, 2.24) is 9.55 Å². The number of hydrogen-bond donors (Lipinski definition) is 1. The summed E-state index contributed by atoms with van der Waals surface area (Å²) in [5, 5.41) is 3.44. The van der Waals surface area contributed by atoms with Gasteiger partial charge in [0.1, 0.15) is 0 Å². The molecule has 0 amide bonds. The maximum absolute atomic E-state index is 13.4. The largest absolute Gasteiger partial charge is 0.490 e. The number of hydrogen-bond acceptors (Lipinski definition) is 6. The molecule has 1 aliphatic heterocycles. The highest BCUT2D eigenvalue weighted by molar-refractivity contribution is 5.94. The van der Waals surface area contributed by atoms with E-state index >= 15 is 0 Å². The van der Waals surface area contributed by atoms with Crippen LogP contribution in [-0.4, -0.2) is 35.3 Å². The molecule has 7 heteroatoms. The molecule has 0 spiro atoms. The van der Waals surface area contributed by atoms with Crippen molar-refractivity contribution < 1.29 is 19.0 Å². The third-order valence-corrected chi connectivity index (χ3v) is 6.25. The Bertz CT molecular complexity index is 1240. The van der Waals surface area contributed by atoms with E-state index in [-0.39, 0.29) is 5.97 Å². The lowest BCUT2D eigenvalue weighted by Crippen LogP contribution is -2.29. The maximum Gasteiger partial charge on any atom is 0.338 e. The van der Waals surface area contributed by atoms with Gasteiger partial charge in [-0.3, -0.25) is 4.57 Å². The van der Waals surface area contributed by atoms with Crippen LogP contribution in [0.2, 0.25) is 0 Å². The zero-order chi connectivity index (χ0) is 25.7.